The molecule has 3 aromatic rings. The van der Waals surface area contributed by atoms with Gasteiger partial charge >= 0.3 is 0 Å². The van der Waals surface area contributed by atoms with E-state index in [0.717, 1.165) is 33.9 Å². The molecule has 3 heteroatoms. The fourth-order valence-corrected chi connectivity index (χ4v) is 3.46. The highest BCUT2D eigenvalue weighted by molar-refractivity contribution is 7.16. The van der Waals surface area contributed by atoms with Crippen molar-refractivity contribution in [3.8, 4) is 33.4 Å². The number of hydrogen-bond donors (Lipinski definition) is 0. The number of benzene rings is 2. The summed E-state index contributed by atoms with van der Waals surface area (Å²) >= 11 is 1.52. The fraction of sp³-hybridized carbons (Fsp3) is 0.174. The predicted molar refractivity (Wildman–Crippen MR) is 109 cm³/mol. The van der Waals surface area contributed by atoms with Crippen molar-refractivity contribution in [2.45, 2.75) is 19.8 Å². The second-order valence-corrected chi connectivity index (χ2v) is 6.98. The number of nitriles is 1. The quantitative estimate of drug-likeness (QED) is 0.348. The maximum atomic E-state index is 8.95. The highest BCUT2D eigenvalue weighted by atomic mass is 32.1. The molecule has 0 aliphatic rings. The standard InChI is InChI=1S/C23H21NOS/c1-2-3-4-5-16-25-21-12-10-19(11-13-21)18-6-8-20(9-7-18)23-15-14-22(17-24)26-23/h3-4,6-15H,2,5,16H2,1H3. The van der Waals surface area contributed by atoms with Crippen molar-refractivity contribution in [2.75, 3.05) is 6.61 Å². The summed E-state index contributed by atoms with van der Waals surface area (Å²) in [6.07, 6.45) is 6.32. The fourth-order valence-electron chi connectivity index (χ4n) is 2.65. The minimum absolute atomic E-state index is 0.704. The van der Waals surface area contributed by atoms with E-state index in [1.54, 1.807) is 0 Å². The van der Waals surface area contributed by atoms with Crippen LogP contribution in [0.1, 0.15) is 24.6 Å². The van der Waals surface area contributed by atoms with Gasteiger partial charge in [-0.25, -0.2) is 0 Å². The van der Waals surface area contributed by atoms with Gasteiger partial charge in [-0.3, -0.25) is 0 Å². The summed E-state index contributed by atoms with van der Waals surface area (Å²) in [6.45, 7) is 2.84. The summed E-state index contributed by atoms with van der Waals surface area (Å²) in [5.41, 5.74) is 3.47. The molecule has 1 aromatic heterocycles. The van der Waals surface area contributed by atoms with E-state index in [-0.39, 0.29) is 0 Å². The van der Waals surface area contributed by atoms with Crippen LogP contribution in [0.4, 0.5) is 0 Å². The number of rotatable bonds is 7. The first-order valence-electron chi connectivity index (χ1n) is 8.79. The Morgan fingerprint density at radius 3 is 2.15 bits per heavy atom. The number of allylic oxidation sites excluding steroid dienone is 1. The van der Waals surface area contributed by atoms with Crippen LogP contribution in [-0.4, -0.2) is 6.61 Å². The van der Waals surface area contributed by atoms with Crippen molar-refractivity contribution in [3.05, 3.63) is 77.7 Å². The van der Waals surface area contributed by atoms with Crippen LogP contribution in [0.3, 0.4) is 0 Å². The van der Waals surface area contributed by atoms with Crippen LogP contribution in [0.2, 0.25) is 0 Å². The third kappa shape index (κ3) is 4.62. The maximum absolute atomic E-state index is 8.95. The minimum Gasteiger partial charge on any atom is -0.493 e. The van der Waals surface area contributed by atoms with Crippen molar-refractivity contribution < 1.29 is 4.74 Å². The van der Waals surface area contributed by atoms with Gasteiger partial charge < -0.3 is 4.74 Å². The summed E-state index contributed by atoms with van der Waals surface area (Å²) in [4.78, 5) is 1.86. The molecular formula is C23H21NOS. The van der Waals surface area contributed by atoms with Gasteiger partial charge in [0.2, 0.25) is 0 Å². The first kappa shape index (κ1) is 18.0. The summed E-state index contributed by atoms with van der Waals surface area (Å²) in [7, 11) is 0. The molecule has 0 aliphatic carbocycles. The smallest absolute Gasteiger partial charge is 0.119 e. The third-order valence-electron chi connectivity index (χ3n) is 4.03. The van der Waals surface area contributed by atoms with Gasteiger partial charge in [-0.2, -0.15) is 5.26 Å². The number of thiophene rings is 1. The van der Waals surface area contributed by atoms with E-state index in [4.69, 9.17) is 10.00 Å². The van der Waals surface area contributed by atoms with Gasteiger partial charge in [-0.1, -0.05) is 55.5 Å². The Morgan fingerprint density at radius 1 is 0.885 bits per heavy atom. The first-order valence-corrected chi connectivity index (χ1v) is 9.60. The van der Waals surface area contributed by atoms with E-state index in [0.29, 0.717) is 6.61 Å². The normalized spacial score (nSPS) is 10.8. The molecule has 1 heterocycles. The van der Waals surface area contributed by atoms with E-state index >= 15 is 0 Å². The van der Waals surface area contributed by atoms with E-state index in [2.05, 4.69) is 61.5 Å². The molecule has 130 valence electrons. The van der Waals surface area contributed by atoms with Crippen molar-refractivity contribution >= 4 is 11.3 Å². The lowest BCUT2D eigenvalue weighted by Crippen LogP contribution is -1.95. The Labute approximate surface area is 159 Å². The molecule has 0 saturated heterocycles. The van der Waals surface area contributed by atoms with Gasteiger partial charge in [0.1, 0.15) is 16.7 Å². The lowest BCUT2D eigenvalue weighted by molar-refractivity contribution is 0.325. The molecule has 0 radical (unpaired) electrons. The van der Waals surface area contributed by atoms with Crippen LogP contribution < -0.4 is 4.74 Å². The third-order valence-corrected chi connectivity index (χ3v) is 5.07. The molecule has 0 fully saturated rings. The van der Waals surface area contributed by atoms with E-state index in [1.165, 1.54) is 22.5 Å². The van der Waals surface area contributed by atoms with Crippen LogP contribution in [-0.2, 0) is 0 Å². The number of nitrogens with zero attached hydrogens (tertiary/aromatic N) is 1. The lowest BCUT2D eigenvalue weighted by atomic mass is 10.0. The molecule has 0 amide bonds. The Morgan fingerprint density at radius 2 is 1.54 bits per heavy atom. The molecule has 0 aliphatic heterocycles. The Hall–Kier alpha value is -2.83. The average molecular weight is 359 g/mol. The minimum atomic E-state index is 0.704. The highest BCUT2D eigenvalue weighted by Gasteiger charge is 2.04. The second-order valence-electron chi connectivity index (χ2n) is 5.89. The van der Waals surface area contributed by atoms with Crippen molar-refractivity contribution in [2.24, 2.45) is 0 Å². The van der Waals surface area contributed by atoms with Crippen molar-refractivity contribution in [3.63, 3.8) is 0 Å². The molecule has 2 nitrogen and oxygen atoms in total. The van der Waals surface area contributed by atoms with Crippen LogP contribution >= 0.6 is 11.3 Å². The van der Waals surface area contributed by atoms with Crippen LogP contribution in [0.25, 0.3) is 21.6 Å². The molecule has 0 unspecified atom stereocenters. The summed E-state index contributed by atoms with van der Waals surface area (Å²) in [5.74, 6) is 0.901. The van der Waals surface area contributed by atoms with Gasteiger partial charge in [0.15, 0.2) is 0 Å². The SMILES string of the molecule is CCC=CCCOc1ccc(-c2ccc(-c3ccc(C#N)s3)cc2)cc1. The summed E-state index contributed by atoms with van der Waals surface area (Å²) in [6, 6.07) is 22.7. The Bertz CT molecular complexity index is 899. The first-order chi connectivity index (χ1) is 12.8. The topological polar surface area (TPSA) is 33.0 Å². The van der Waals surface area contributed by atoms with Crippen LogP contribution in [0, 0.1) is 11.3 Å². The molecule has 0 saturated carbocycles. The maximum Gasteiger partial charge on any atom is 0.119 e. The zero-order chi connectivity index (χ0) is 18.2. The second kappa shape index (κ2) is 9.03. The zero-order valence-corrected chi connectivity index (χ0v) is 15.6. The molecule has 0 spiro atoms. The predicted octanol–water partition coefficient (Wildman–Crippen LogP) is 6.69. The summed E-state index contributed by atoms with van der Waals surface area (Å²) in [5, 5.41) is 8.95. The van der Waals surface area contributed by atoms with Gasteiger partial charge in [0.05, 0.1) is 6.61 Å². The number of hydrogen-bond acceptors (Lipinski definition) is 3. The van der Waals surface area contributed by atoms with Crippen molar-refractivity contribution in [1.82, 2.24) is 0 Å². The van der Waals surface area contributed by atoms with Crippen LogP contribution in [0.15, 0.2) is 72.8 Å². The monoisotopic (exact) mass is 359 g/mol. The Balaban J connectivity index is 1.64. The molecule has 26 heavy (non-hydrogen) atoms. The molecule has 2 aromatic carbocycles. The zero-order valence-electron chi connectivity index (χ0n) is 14.8. The largest absolute Gasteiger partial charge is 0.493 e. The number of ether oxygens (including phenoxy) is 1. The summed E-state index contributed by atoms with van der Waals surface area (Å²) < 4.78 is 5.76. The van der Waals surface area contributed by atoms with Crippen LogP contribution in [0.5, 0.6) is 5.75 Å². The Kier molecular flexibility index (Phi) is 6.24. The van der Waals surface area contributed by atoms with E-state index in [9.17, 15) is 0 Å². The molecule has 0 N–H and O–H groups in total. The lowest BCUT2D eigenvalue weighted by Gasteiger charge is -2.07. The molecular weight excluding hydrogens is 338 g/mol. The molecule has 0 atom stereocenters. The average Bonchev–Trinajstić information content (AvgIpc) is 3.18. The van der Waals surface area contributed by atoms with Gasteiger partial charge in [0.25, 0.3) is 0 Å². The van der Waals surface area contributed by atoms with Gasteiger partial charge in [-0.15, -0.1) is 11.3 Å². The van der Waals surface area contributed by atoms with Gasteiger partial charge in [-0.05, 0) is 53.8 Å². The van der Waals surface area contributed by atoms with E-state index in [1.807, 2.05) is 24.3 Å². The molecule has 0 bridgehead atoms. The molecule has 3 rings (SSSR count). The van der Waals surface area contributed by atoms with Gasteiger partial charge in [0, 0.05) is 4.88 Å². The van der Waals surface area contributed by atoms with E-state index < -0.39 is 0 Å². The highest BCUT2D eigenvalue weighted by Crippen LogP contribution is 2.30. The van der Waals surface area contributed by atoms with Crippen molar-refractivity contribution in [1.29, 1.82) is 5.26 Å².